The fraction of sp³-hybridized carbons (Fsp3) is 0.312. The zero-order chi connectivity index (χ0) is 25.9. The van der Waals surface area contributed by atoms with Crippen LogP contribution in [0, 0.1) is 11.3 Å². The van der Waals surface area contributed by atoms with Gasteiger partial charge in [0.1, 0.15) is 0 Å². The number of rotatable bonds is 4. The summed E-state index contributed by atoms with van der Waals surface area (Å²) >= 11 is 7.33. The Morgan fingerprint density at radius 2 is 1.11 bits per heavy atom. The van der Waals surface area contributed by atoms with E-state index in [1.807, 2.05) is 22.7 Å². The van der Waals surface area contributed by atoms with E-state index in [1.54, 1.807) is 22.7 Å². The van der Waals surface area contributed by atoms with Gasteiger partial charge in [-0.25, -0.2) is 0 Å². The summed E-state index contributed by atoms with van der Waals surface area (Å²) in [6, 6.07) is 22.3. The highest BCUT2D eigenvalue weighted by Gasteiger charge is 2.40. The van der Waals surface area contributed by atoms with E-state index in [1.165, 1.54) is 53.2 Å². The highest BCUT2D eigenvalue weighted by atomic mass is 32.1. The SMILES string of the molecule is CC(C)(C)C1CCC2(CC1)N=c1c(-c3ccc(-c4cccs4)s3)ccc(-c3ccc(-c4cccs4)s3)c1=N2. The van der Waals surface area contributed by atoms with Crippen LogP contribution >= 0.6 is 45.3 Å². The highest BCUT2D eigenvalue weighted by Crippen LogP contribution is 2.45. The Bertz CT molecular complexity index is 1590. The minimum atomic E-state index is -0.309. The minimum Gasteiger partial charge on any atom is -0.253 e. The Morgan fingerprint density at radius 1 is 0.632 bits per heavy atom. The first-order valence-electron chi connectivity index (χ1n) is 13.3. The first-order valence-corrected chi connectivity index (χ1v) is 16.7. The van der Waals surface area contributed by atoms with Crippen LogP contribution in [0.1, 0.15) is 46.5 Å². The number of benzene rings is 1. The Kier molecular flexibility index (Phi) is 6.08. The maximum atomic E-state index is 5.50. The van der Waals surface area contributed by atoms with E-state index in [0.717, 1.165) is 29.5 Å². The molecule has 4 aromatic heterocycles. The van der Waals surface area contributed by atoms with Gasteiger partial charge in [0.2, 0.25) is 0 Å². The van der Waals surface area contributed by atoms with Crippen LogP contribution in [0.3, 0.4) is 0 Å². The zero-order valence-corrected chi connectivity index (χ0v) is 25.1. The lowest BCUT2D eigenvalue weighted by Crippen LogP contribution is -2.34. The number of fused-ring (bicyclic) bond motifs is 1. The summed E-state index contributed by atoms with van der Waals surface area (Å²) in [5, 5.41) is 6.50. The molecule has 6 heteroatoms. The van der Waals surface area contributed by atoms with Gasteiger partial charge >= 0.3 is 0 Å². The highest BCUT2D eigenvalue weighted by molar-refractivity contribution is 7.23. The van der Waals surface area contributed by atoms with E-state index >= 15 is 0 Å². The summed E-state index contributed by atoms with van der Waals surface area (Å²) in [4.78, 5) is 18.9. The molecule has 5 heterocycles. The van der Waals surface area contributed by atoms with Crippen LogP contribution in [0.25, 0.3) is 40.4 Å². The van der Waals surface area contributed by atoms with Crippen molar-refractivity contribution in [1.82, 2.24) is 0 Å². The topological polar surface area (TPSA) is 24.7 Å². The van der Waals surface area contributed by atoms with Gasteiger partial charge in [-0.3, -0.25) is 9.98 Å². The zero-order valence-electron chi connectivity index (χ0n) is 21.9. The van der Waals surface area contributed by atoms with Crippen LogP contribution in [0.5, 0.6) is 0 Å². The molecule has 0 radical (unpaired) electrons. The number of thiophene rings is 4. The first-order chi connectivity index (χ1) is 18.4. The Morgan fingerprint density at radius 3 is 1.53 bits per heavy atom. The largest absolute Gasteiger partial charge is 0.253 e. The molecule has 1 saturated carbocycles. The Hall–Kier alpha value is -2.38. The lowest BCUT2D eigenvalue weighted by Gasteiger charge is -2.39. The van der Waals surface area contributed by atoms with Crippen molar-refractivity contribution in [3.05, 3.63) is 82.1 Å². The van der Waals surface area contributed by atoms with Crippen molar-refractivity contribution in [3.63, 3.8) is 0 Å². The molecule has 2 aliphatic rings. The first kappa shape index (κ1) is 24.6. The molecule has 0 atom stereocenters. The van der Waals surface area contributed by atoms with E-state index in [-0.39, 0.29) is 5.66 Å². The Labute approximate surface area is 240 Å². The molecule has 1 spiro atoms. The van der Waals surface area contributed by atoms with E-state index in [9.17, 15) is 0 Å². The lowest BCUT2D eigenvalue weighted by molar-refractivity contribution is 0.138. The summed E-state index contributed by atoms with van der Waals surface area (Å²) < 4.78 is 0. The van der Waals surface area contributed by atoms with Gasteiger partial charge in [0.15, 0.2) is 5.66 Å². The molecule has 1 aliphatic heterocycles. The summed E-state index contributed by atoms with van der Waals surface area (Å²) in [6.45, 7) is 7.15. The van der Waals surface area contributed by atoms with Gasteiger partial charge in [0.25, 0.3) is 0 Å². The maximum absolute atomic E-state index is 5.50. The summed E-state index contributed by atoms with van der Waals surface area (Å²) in [6.07, 6.45) is 4.47. The fourth-order valence-corrected chi connectivity index (χ4v) is 9.62. The number of hydrogen-bond donors (Lipinski definition) is 0. The minimum absolute atomic E-state index is 0.309. The molecule has 0 amide bonds. The molecule has 1 aliphatic carbocycles. The van der Waals surface area contributed by atoms with Crippen LogP contribution in [0.15, 0.2) is 81.4 Å². The molecule has 7 rings (SSSR count). The van der Waals surface area contributed by atoms with Crippen molar-refractivity contribution in [3.8, 4) is 40.4 Å². The van der Waals surface area contributed by atoms with E-state index in [0.29, 0.717) is 5.41 Å². The molecular weight excluding hydrogens is 541 g/mol. The van der Waals surface area contributed by atoms with Crippen molar-refractivity contribution in [2.45, 2.75) is 52.1 Å². The standard InChI is InChI=1S/C32H30N2S4/c1-31(2,3)20-14-16-32(17-15-20)33-29-21(23-10-12-27(37-23)25-6-4-18-35-25)8-9-22(30(29)34-32)24-11-13-28(38-24)26-7-5-19-36-26/h4-13,18-20H,14-17H2,1-3H3. The average molecular weight is 571 g/mol. The molecule has 38 heavy (non-hydrogen) atoms. The molecule has 0 N–H and O–H groups in total. The molecule has 192 valence electrons. The summed E-state index contributed by atoms with van der Waals surface area (Å²) in [5.74, 6) is 0.734. The molecular formula is C32H30N2S4. The van der Waals surface area contributed by atoms with Crippen molar-refractivity contribution in [2.24, 2.45) is 21.3 Å². The molecule has 0 bridgehead atoms. The summed E-state index contributed by atoms with van der Waals surface area (Å²) in [7, 11) is 0. The third-order valence-corrected chi connectivity index (χ3v) is 12.4. The molecule has 2 nitrogen and oxygen atoms in total. The molecule has 1 fully saturated rings. The van der Waals surface area contributed by atoms with Gasteiger partial charge in [0.05, 0.1) is 10.7 Å². The van der Waals surface area contributed by atoms with Crippen molar-refractivity contribution in [2.75, 3.05) is 0 Å². The van der Waals surface area contributed by atoms with Crippen LogP contribution in [0.4, 0.5) is 0 Å². The van der Waals surface area contributed by atoms with Crippen LogP contribution in [-0.4, -0.2) is 5.66 Å². The van der Waals surface area contributed by atoms with Crippen LogP contribution < -0.4 is 10.7 Å². The second-order valence-corrected chi connectivity index (χ2v) is 15.5. The number of nitrogens with zero attached hydrogens (tertiary/aromatic N) is 2. The maximum Gasteiger partial charge on any atom is 0.151 e. The number of hydrogen-bond acceptors (Lipinski definition) is 6. The van der Waals surface area contributed by atoms with E-state index < -0.39 is 0 Å². The van der Waals surface area contributed by atoms with Crippen molar-refractivity contribution < 1.29 is 0 Å². The molecule has 0 saturated heterocycles. The van der Waals surface area contributed by atoms with Gasteiger partial charge in [-0.05, 0) is 84.2 Å². The van der Waals surface area contributed by atoms with Gasteiger partial charge < -0.3 is 0 Å². The second-order valence-electron chi connectivity index (χ2n) is 11.5. The third-order valence-electron chi connectivity index (χ3n) is 8.07. The van der Waals surface area contributed by atoms with Crippen LogP contribution in [0.2, 0.25) is 0 Å². The van der Waals surface area contributed by atoms with Gasteiger partial charge in [-0.15, -0.1) is 45.3 Å². The molecule has 5 aromatic rings. The predicted octanol–water partition coefficient (Wildman–Crippen LogP) is 9.79. The van der Waals surface area contributed by atoms with Crippen molar-refractivity contribution in [1.29, 1.82) is 0 Å². The fourth-order valence-electron chi connectivity index (χ4n) is 5.88. The third kappa shape index (κ3) is 4.36. The normalized spacial score (nSPS) is 16.9. The summed E-state index contributed by atoms with van der Waals surface area (Å²) in [5.41, 5.74) is 2.49. The van der Waals surface area contributed by atoms with E-state index in [4.69, 9.17) is 9.98 Å². The monoisotopic (exact) mass is 570 g/mol. The predicted molar refractivity (Wildman–Crippen MR) is 166 cm³/mol. The average Bonchev–Trinajstić information content (AvgIpc) is 3.72. The van der Waals surface area contributed by atoms with Gasteiger partial charge in [-0.2, -0.15) is 0 Å². The lowest BCUT2D eigenvalue weighted by atomic mass is 9.70. The molecule has 1 aromatic carbocycles. The van der Waals surface area contributed by atoms with Crippen molar-refractivity contribution >= 4 is 45.3 Å². The molecule has 0 unspecified atom stereocenters. The van der Waals surface area contributed by atoms with Gasteiger partial charge in [-0.1, -0.05) is 45.0 Å². The van der Waals surface area contributed by atoms with E-state index in [2.05, 4.69) is 92.2 Å². The second kappa shape index (κ2) is 9.37. The quantitative estimate of drug-likeness (QED) is 0.205. The Balaban J connectivity index is 1.34. The van der Waals surface area contributed by atoms with Crippen LogP contribution in [-0.2, 0) is 0 Å². The smallest absolute Gasteiger partial charge is 0.151 e. The van der Waals surface area contributed by atoms with Gasteiger partial charge in [0, 0.05) is 40.4 Å².